The van der Waals surface area contributed by atoms with Gasteiger partial charge in [-0.15, -0.1) is 0 Å². The van der Waals surface area contributed by atoms with Crippen LogP contribution in [0.1, 0.15) is 39.0 Å². The lowest BCUT2D eigenvalue weighted by atomic mass is 10.1. The number of hydrogen-bond donors (Lipinski definition) is 2. The van der Waals surface area contributed by atoms with Gasteiger partial charge < -0.3 is 10.6 Å². The van der Waals surface area contributed by atoms with Crippen LogP contribution in [0.25, 0.3) is 0 Å². The molecule has 0 bridgehead atoms. The van der Waals surface area contributed by atoms with E-state index in [1.54, 1.807) is 0 Å². The first-order valence-electron chi connectivity index (χ1n) is 7.03. The van der Waals surface area contributed by atoms with E-state index in [9.17, 15) is 4.79 Å². The van der Waals surface area contributed by atoms with Crippen molar-refractivity contribution < 1.29 is 4.79 Å². The zero-order valence-electron chi connectivity index (χ0n) is 10.9. The lowest BCUT2D eigenvalue weighted by Crippen LogP contribution is -2.42. The van der Waals surface area contributed by atoms with Gasteiger partial charge in [0, 0.05) is 31.6 Å². The van der Waals surface area contributed by atoms with E-state index in [-0.39, 0.29) is 5.91 Å². The van der Waals surface area contributed by atoms with Crippen molar-refractivity contribution in [2.24, 2.45) is 0 Å². The van der Waals surface area contributed by atoms with E-state index >= 15 is 0 Å². The molecule has 0 spiro atoms. The summed E-state index contributed by atoms with van der Waals surface area (Å²) in [4.78, 5) is 14.0. The minimum Gasteiger partial charge on any atom is -0.356 e. The van der Waals surface area contributed by atoms with Crippen molar-refractivity contribution in [3.05, 3.63) is 0 Å². The third-order valence-electron chi connectivity index (χ3n) is 4.03. The van der Waals surface area contributed by atoms with Gasteiger partial charge in [-0.3, -0.25) is 9.69 Å². The van der Waals surface area contributed by atoms with Gasteiger partial charge in [0.1, 0.15) is 0 Å². The predicted octanol–water partition coefficient (Wildman–Crippen LogP) is 0.729. The molecule has 0 aromatic carbocycles. The van der Waals surface area contributed by atoms with Crippen LogP contribution in [0.5, 0.6) is 0 Å². The maximum Gasteiger partial charge on any atom is 0.221 e. The smallest absolute Gasteiger partial charge is 0.221 e. The Labute approximate surface area is 104 Å². The molecule has 2 aliphatic heterocycles. The third-order valence-corrected chi connectivity index (χ3v) is 4.03. The van der Waals surface area contributed by atoms with Gasteiger partial charge in [-0.2, -0.15) is 0 Å². The van der Waals surface area contributed by atoms with E-state index in [1.165, 1.54) is 19.4 Å². The molecule has 2 N–H and O–H groups in total. The Kier molecular flexibility index (Phi) is 4.80. The van der Waals surface area contributed by atoms with Crippen LogP contribution in [0.15, 0.2) is 0 Å². The molecule has 4 heteroatoms. The van der Waals surface area contributed by atoms with E-state index < -0.39 is 0 Å². The number of carbonyl (C=O) groups excluding carboxylic acids is 1. The molecule has 2 saturated heterocycles. The molecule has 4 nitrogen and oxygen atoms in total. The first kappa shape index (κ1) is 12.8. The summed E-state index contributed by atoms with van der Waals surface area (Å²) in [6.07, 6.45) is 5.51. The Morgan fingerprint density at radius 2 is 2.29 bits per heavy atom. The van der Waals surface area contributed by atoms with Crippen molar-refractivity contribution in [1.82, 2.24) is 15.5 Å². The molecule has 0 aliphatic carbocycles. The number of nitrogens with one attached hydrogen (secondary N) is 2. The number of likely N-dealkylation sites (N-methyl/N-ethyl adjacent to an activating group) is 1. The van der Waals surface area contributed by atoms with Crippen LogP contribution in [0.2, 0.25) is 0 Å². The highest BCUT2D eigenvalue weighted by atomic mass is 16.1. The summed E-state index contributed by atoms with van der Waals surface area (Å²) in [6, 6.07) is 1.07. The Morgan fingerprint density at radius 3 is 3.12 bits per heavy atom. The Bertz CT molecular complexity index is 257. The van der Waals surface area contributed by atoms with Gasteiger partial charge in [-0.1, -0.05) is 6.92 Å². The Balaban J connectivity index is 1.74. The van der Waals surface area contributed by atoms with E-state index in [1.807, 2.05) is 0 Å². The fraction of sp³-hybridized carbons (Fsp3) is 0.923. The molecule has 0 saturated carbocycles. The van der Waals surface area contributed by atoms with Crippen LogP contribution in [-0.4, -0.2) is 49.1 Å². The minimum absolute atomic E-state index is 0.207. The summed E-state index contributed by atoms with van der Waals surface area (Å²) < 4.78 is 0. The van der Waals surface area contributed by atoms with Gasteiger partial charge in [0.15, 0.2) is 0 Å². The van der Waals surface area contributed by atoms with E-state index in [4.69, 9.17) is 0 Å². The lowest BCUT2D eigenvalue weighted by molar-refractivity contribution is -0.121. The Morgan fingerprint density at radius 1 is 1.41 bits per heavy atom. The summed E-state index contributed by atoms with van der Waals surface area (Å²) >= 11 is 0. The fourth-order valence-electron chi connectivity index (χ4n) is 2.99. The van der Waals surface area contributed by atoms with Gasteiger partial charge in [-0.05, 0) is 38.8 Å². The van der Waals surface area contributed by atoms with Crippen molar-refractivity contribution in [1.29, 1.82) is 0 Å². The topological polar surface area (TPSA) is 44.4 Å². The molecule has 2 heterocycles. The highest BCUT2D eigenvalue weighted by molar-refractivity contribution is 5.76. The molecule has 2 aliphatic rings. The molecule has 2 atom stereocenters. The highest BCUT2D eigenvalue weighted by Crippen LogP contribution is 2.16. The van der Waals surface area contributed by atoms with Gasteiger partial charge in [-0.25, -0.2) is 0 Å². The first-order chi connectivity index (χ1) is 8.29. The van der Waals surface area contributed by atoms with Crippen LogP contribution in [0.4, 0.5) is 0 Å². The van der Waals surface area contributed by atoms with Gasteiger partial charge in [0.2, 0.25) is 5.91 Å². The monoisotopic (exact) mass is 239 g/mol. The SMILES string of the molecule is CCN1CCCC1CNC1CCCNC(=O)C1. The fourth-order valence-corrected chi connectivity index (χ4v) is 2.99. The second-order valence-corrected chi connectivity index (χ2v) is 5.23. The lowest BCUT2D eigenvalue weighted by Gasteiger charge is -2.25. The molecular formula is C13H25N3O. The molecule has 0 aromatic rings. The molecule has 2 unspecified atom stereocenters. The molecule has 0 aromatic heterocycles. The van der Waals surface area contributed by atoms with E-state index in [0.29, 0.717) is 18.5 Å². The molecule has 1 amide bonds. The maximum absolute atomic E-state index is 11.4. The molecule has 98 valence electrons. The second kappa shape index (κ2) is 6.36. The first-order valence-corrected chi connectivity index (χ1v) is 7.03. The molecule has 17 heavy (non-hydrogen) atoms. The third kappa shape index (κ3) is 3.68. The Hall–Kier alpha value is -0.610. The zero-order chi connectivity index (χ0) is 12.1. The largest absolute Gasteiger partial charge is 0.356 e. The number of carbonyl (C=O) groups is 1. The van der Waals surface area contributed by atoms with Crippen molar-refractivity contribution >= 4 is 5.91 Å². The number of amides is 1. The molecule has 2 rings (SSSR count). The van der Waals surface area contributed by atoms with Crippen molar-refractivity contribution in [2.45, 2.75) is 51.1 Å². The zero-order valence-corrected chi connectivity index (χ0v) is 10.9. The number of nitrogens with zero attached hydrogens (tertiary/aromatic N) is 1. The summed E-state index contributed by atoms with van der Waals surface area (Å²) in [5, 5.41) is 6.53. The van der Waals surface area contributed by atoms with Crippen molar-refractivity contribution in [3.63, 3.8) is 0 Å². The highest BCUT2D eigenvalue weighted by Gasteiger charge is 2.24. The normalized spacial score (nSPS) is 31.2. The van der Waals surface area contributed by atoms with E-state index in [0.717, 1.165) is 32.5 Å². The minimum atomic E-state index is 0.207. The standard InChI is InChI=1S/C13H25N3O/c1-2-16-8-4-6-12(16)10-15-11-5-3-7-14-13(17)9-11/h11-12,15H,2-10H2,1H3,(H,14,17). The van der Waals surface area contributed by atoms with Crippen molar-refractivity contribution in [3.8, 4) is 0 Å². The number of rotatable bonds is 4. The number of likely N-dealkylation sites (tertiary alicyclic amines) is 1. The predicted molar refractivity (Wildman–Crippen MR) is 68.9 cm³/mol. The van der Waals surface area contributed by atoms with Gasteiger partial charge >= 0.3 is 0 Å². The summed E-state index contributed by atoms with van der Waals surface area (Å²) in [6.45, 7) is 6.52. The average Bonchev–Trinajstić information content (AvgIpc) is 2.68. The summed E-state index contributed by atoms with van der Waals surface area (Å²) in [5.74, 6) is 0.207. The van der Waals surface area contributed by atoms with E-state index in [2.05, 4.69) is 22.5 Å². The summed E-state index contributed by atoms with van der Waals surface area (Å²) in [7, 11) is 0. The average molecular weight is 239 g/mol. The van der Waals surface area contributed by atoms with Crippen LogP contribution in [0, 0.1) is 0 Å². The second-order valence-electron chi connectivity index (χ2n) is 5.23. The van der Waals surface area contributed by atoms with Crippen LogP contribution in [0.3, 0.4) is 0 Å². The van der Waals surface area contributed by atoms with Crippen LogP contribution < -0.4 is 10.6 Å². The van der Waals surface area contributed by atoms with Crippen molar-refractivity contribution in [2.75, 3.05) is 26.2 Å². The quantitative estimate of drug-likeness (QED) is 0.760. The molecule has 2 fully saturated rings. The van der Waals surface area contributed by atoms with Crippen LogP contribution >= 0.6 is 0 Å². The number of hydrogen-bond acceptors (Lipinski definition) is 3. The van der Waals surface area contributed by atoms with Crippen LogP contribution in [-0.2, 0) is 4.79 Å². The molecular weight excluding hydrogens is 214 g/mol. The summed E-state index contributed by atoms with van der Waals surface area (Å²) in [5.41, 5.74) is 0. The van der Waals surface area contributed by atoms with Gasteiger partial charge in [0.05, 0.1) is 0 Å². The van der Waals surface area contributed by atoms with Gasteiger partial charge in [0.25, 0.3) is 0 Å². The molecule has 0 radical (unpaired) electrons. The maximum atomic E-state index is 11.4.